The molecule has 2 aromatic carbocycles. The van der Waals surface area contributed by atoms with Crippen molar-refractivity contribution in [1.29, 1.82) is 0 Å². The number of anilines is 1. The first-order valence-electron chi connectivity index (χ1n) is 11.0. The Morgan fingerprint density at radius 2 is 1.79 bits per heavy atom. The quantitative estimate of drug-likeness (QED) is 0.640. The van der Waals surface area contributed by atoms with E-state index in [1.807, 2.05) is 20.8 Å². The van der Waals surface area contributed by atoms with Gasteiger partial charge in [-0.25, -0.2) is 12.8 Å². The molecule has 3 rings (SSSR count). The second-order valence-corrected chi connectivity index (χ2v) is 10.6. The fourth-order valence-electron chi connectivity index (χ4n) is 3.73. The van der Waals surface area contributed by atoms with E-state index in [1.165, 1.54) is 22.5 Å². The Bertz CT molecular complexity index is 1130. The Labute approximate surface area is 194 Å². The van der Waals surface area contributed by atoms with Crippen molar-refractivity contribution in [1.82, 2.24) is 9.62 Å². The topological polar surface area (TPSA) is 95.6 Å². The molecule has 1 saturated heterocycles. The van der Waals surface area contributed by atoms with Gasteiger partial charge in [0.15, 0.2) is 0 Å². The number of nitrogens with zero attached hydrogens (tertiary/aromatic N) is 1. The van der Waals surface area contributed by atoms with Crippen molar-refractivity contribution < 1.29 is 22.4 Å². The van der Waals surface area contributed by atoms with E-state index in [1.54, 1.807) is 18.2 Å². The van der Waals surface area contributed by atoms with Gasteiger partial charge in [-0.2, -0.15) is 4.31 Å². The van der Waals surface area contributed by atoms with Gasteiger partial charge in [-0.3, -0.25) is 9.59 Å². The van der Waals surface area contributed by atoms with Crippen LogP contribution in [0.3, 0.4) is 0 Å². The van der Waals surface area contributed by atoms with E-state index in [-0.39, 0.29) is 35.7 Å². The summed E-state index contributed by atoms with van der Waals surface area (Å²) in [5.41, 5.74) is 1.90. The lowest BCUT2D eigenvalue weighted by atomic mass is 9.97. The van der Waals surface area contributed by atoms with E-state index < -0.39 is 15.8 Å². The van der Waals surface area contributed by atoms with Gasteiger partial charge in [0.2, 0.25) is 15.9 Å². The number of hydrogen-bond donors (Lipinski definition) is 2. The van der Waals surface area contributed by atoms with Crippen molar-refractivity contribution in [2.45, 2.75) is 38.5 Å². The van der Waals surface area contributed by atoms with Crippen molar-refractivity contribution in [3.8, 4) is 0 Å². The fraction of sp³-hybridized carbons (Fsp3) is 0.417. The molecule has 0 saturated carbocycles. The van der Waals surface area contributed by atoms with Crippen LogP contribution >= 0.6 is 0 Å². The van der Waals surface area contributed by atoms with Crippen LogP contribution in [-0.4, -0.2) is 44.2 Å². The summed E-state index contributed by atoms with van der Waals surface area (Å²) >= 11 is 0. The zero-order chi connectivity index (χ0) is 24.2. The lowest BCUT2D eigenvalue weighted by Gasteiger charge is -2.30. The Morgan fingerprint density at radius 3 is 2.39 bits per heavy atom. The maximum atomic E-state index is 14.0. The predicted molar refractivity (Wildman–Crippen MR) is 125 cm³/mol. The molecule has 0 unspecified atom stereocenters. The Kier molecular flexibility index (Phi) is 7.86. The summed E-state index contributed by atoms with van der Waals surface area (Å²) in [5.74, 6) is -1.15. The van der Waals surface area contributed by atoms with Crippen LogP contribution < -0.4 is 10.6 Å². The zero-order valence-corrected chi connectivity index (χ0v) is 19.9. The van der Waals surface area contributed by atoms with Crippen molar-refractivity contribution in [2.24, 2.45) is 11.8 Å². The molecule has 0 bridgehead atoms. The summed E-state index contributed by atoms with van der Waals surface area (Å²) in [6.45, 7) is 6.72. The van der Waals surface area contributed by atoms with Crippen molar-refractivity contribution in [3.05, 3.63) is 59.4 Å². The Balaban J connectivity index is 1.59. The molecule has 1 aliphatic heterocycles. The van der Waals surface area contributed by atoms with Gasteiger partial charge >= 0.3 is 0 Å². The Hall–Kier alpha value is -2.78. The van der Waals surface area contributed by atoms with Gasteiger partial charge in [-0.1, -0.05) is 26.0 Å². The van der Waals surface area contributed by atoms with E-state index in [4.69, 9.17) is 0 Å². The van der Waals surface area contributed by atoms with Gasteiger partial charge in [0.25, 0.3) is 5.91 Å². The highest BCUT2D eigenvalue weighted by atomic mass is 32.2. The first-order chi connectivity index (χ1) is 15.6. The molecule has 0 aromatic heterocycles. The van der Waals surface area contributed by atoms with E-state index in [9.17, 15) is 22.4 Å². The SMILES string of the molecule is Cc1cc(C(=O)NCC(C)C)ccc1NC(=O)C1CCN(S(=O)(=O)c2ccccc2F)CC1. The lowest BCUT2D eigenvalue weighted by molar-refractivity contribution is -0.120. The fourth-order valence-corrected chi connectivity index (χ4v) is 5.26. The lowest BCUT2D eigenvalue weighted by Crippen LogP contribution is -2.41. The molecule has 2 aromatic rings. The number of rotatable bonds is 7. The van der Waals surface area contributed by atoms with E-state index >= 15 is 0 Å². The number of halogens is 1. The molecular weight excluding hydrogens is 445 g/mol. The van der Waals surface area contributed by atoms with Crippen molar-refractivity contribution in [2.75, 3.05) is 25.0 Å². The van der Waals surface area contributed by atoms with E-state index in [0.717, 1.165) is 11.6 Å². The van der Waals surface area contributed by atoms with Crippen molar-refractivity contribution >= 4 is 27.5 Å². The molecule has 1 fully saturated rings. The number of benzene rings is 2. The first-order valence-corrected chi connectivity index (χ1v) is 12.5. The molecule has 2 amide bonds. The molecule has 0 atom stereocenters. The summed E-state index contributed by atoms with van der Waals surface area (Å²) in [6.07, 6.45) is 0.683. The van der Waals surface area contributed by atoms with Gasteiger partial charge in [0.1, 0.15) is 10.7 Å². The van der Waals surface area contributed by atoms with Crippen LogP contribution in [0.2, 0.25) is 0 Å². The van der Waals surface area contributed by atoms with Crippen LogP contribution in [0.1, 0.15) is 42.6 Å². The molecule has 0 radical (unpaired) electrons. The third kappa shape index (κ3) is 5.97. The number of amides is 2. The molecule has 9 heteroatoms. The van der Waals surface area contributed by atoms with Crippen LogP contribution in [-0.2, 0) is 14.8 Å². The number of hydrogen-bond acceptors (Lipinski definition) is 4. The average Bonchev–Trinajstić information content (AvgIpc) is 2.79. The highest BCUT2D eigenvalue weighted by molar-refractivity contribution is 7.89. The monoisotopic (exact) mass is 475 g/mol. The van der Waals surface area contributed by atoms with Crippen LogP contribution in [0.25, 0.3) is 0 Å². The van der Waals surface area contributed by atoms with Crippen LogP contribution in [0.5, 0.6) is 0 Å². The minimum absolute atomic E-state index is 0.142. The van der Waals surface area contributed by atoms with Gasteiger partial charge < -0.3 is 10.6 Å². The second kappa shape index (κ2) is 10.4. The molecule has 1 aliphatic rings. The van der Waals surface area contributed by atoms with Crippen LogP contribution in [0.4, 0.5) is 10.1 Å². The average molecular weight is 476 g/mol. The molecule has 178 valence electrons. The second-order valence-electron chi connectivity index (χ2n) is 8.73. The molecule has 0 aliphatic carbocycles. The number of carbonyl (C=O) groups excluding carboxylic acids is 2. The molecule has 7 nitrogen and oxygen atoms in total. The summed E-state index contributed by atoms with van der Waals surface area (Å²) in [4.78, 5) is 24.7. The summed E-state index contributed by atoms with van der Waals surface area (Å²) in [7, 11) is -3.94. The normalized spacial score (nSPS) is 15.4. The van der Waals surface area contributed by atoms with Crippen LogP contribution in [0.15, 0.2) is 47.4 Å². The largest absolute Gasteiger partial charge is 0.352 e. The van der Waals surface area contributed by atoms with Crippen LogP contribution in [0, 0.1) is 24.6 Å². The third-order valence-electron chi connectivity index (χ3n) is 5.70. The Morgan fingerprint density at radius 1 is 1.12 bits per heavy atom. The maximum Gasteiger partial charge on any atom is 0.251 e. The zero-order valence-electron chi connectivity index (χ0n) is 19.1. The molecular formula is C24H30FN3O4S. The number of nitrogens with one attached hydrogen (secondary N) is 2. The third-order valence-corrected chi connectivity index (χ3v) is 7.63. The van der Waals surface area contributed by atoms with Gasteiger partial charge in [-0.05, 0) is 61.6 Å². The number of piperidine rings is 1. The minimum Gasteiger partial charge on any atom is -0.352 e. The van der Waals surface area contributed by atoms with Crippen molar-refractivity contribution in [3.63, 3.8) is 0 Å². The van der Waals surface area contributed by atoms with E-state index in [2.05, 4.69) is 10.6 Å². The summed E-state index contributed by atoms with van der Waals surface area (Å²) in [5, 5.41) is 5.76. The first kappa shape index (κ1) is 24.9. The summed E-state index contributed by atoms with van der Waals surface area (Å²) in [6, 6.07) is 10.4. The summed E-state index contributed by atoms with van der Waals surface area (Å²) < 4.78 is 40.7. The molecule has 1 heterocycles. The minimum atomic E-state index is -3.94. The maximum absolute atomic E-state index is 14.0. The molecule has 33 heavy (non-hydrogen) atoms. The molecule has 2 N–H and O–H groups in total. The predicted octanol–water partition coefficient (Wildman–Crippen LogP) is 3.56. The van der Waals surface area contributed by atoms with Gasteiger partial charge in [-0.15, -0.1) is 0 Å². The van der Waals surface area contributed by atoms with E-state index in [0.29, 0.717) is 36.6 Å². The van der Waals surface area contributed by atoms with Gasteiger partial charge in [0, 0.05) is 36.8 Å². The number of aryl methyl sites for hydroxylation is 1. The smallest absolute Gasteiger partial charge is 0.251 e. The number of carbonyl (C=O) groups is 2. The highest BCUT2D eigenvalue weighted by Gasteiger charge is 2.33. The number of sulfonamides is 1. The molecule has 0 spiro atoms. The van der Waals surface area contributed by atoms with Gasteiger partial charge in [0.05, 0.1) is 0 Å². The standard InChI is InChI=1S/C24H30FN3O4S/c1-16(2)15-26-23(29)19-8-9-21(17(3)14-19)27-24(30)18-10-12-28(13-11-18)33(31,32)22-7-5-4-6-20(22)25/h4-9,14,16,18H,10-13,15H2,1-3H3,(H,26,29)(H,27,30). The highest BCUT2D eigenvalue weighted by Crippen LogP contribution is 2.27.